The third kappa shape index (κ3) is 5.36. The van der Waals surface area contributed by atoms with Gasteiger partial charge in [0.1, 0.15) is 12.1 Å². The molecule has 36 heavy (non-hydrogen) atoms. The molecule has 8 nitrogen and oxygen atoms in total. The van der Waals surface area contributed by atoms with E-state index in [1.807, 2.05) is 42.3 Å². The van der Waals surface area contributed by atoms with Crippen LogP contribution in [0.15, 0.2) is 48.8 Å². The molecule has 1 aromatic carbocycles. The maximum Gasteiger partial charge on any atom is 0.251 e. The molecule has 2 atom stereocenters. The average molecular weight is 489 g/mol. The minimum Gasteiger partial charge on any atom is -0.338 e. The van der Waals surface area contributed by atoms with Crippen LogP contribution in [-0.4, -0.2) is 77.3 Å². The van der Waals surface area contributed by atoms with Crippen LogP contribution in [0.2, 0.25) is 0 Å². The molecule has 0 spiro atoms. The molecular formula is C28H36N6O2. The minimum absolute atomic E-state index is 0.0468. The monoisotopic (exact) mass is 488 g/mol. The number of carbonyl (C=O) groups excluding carboxylic acids is 2. The Morgan fingerprint density at radius 3 is 2.36 bits per heavy atom. The number of rotatable bonds is 5. The Bertz CT molecular complexity index is 1100. The second kappa shape index (κ2) is 10.7. The number of nitriles is 1. The van der Waals surface area contributed by atoms with Crippen molar-refractivity contribution in [1.29, 1.82) is 5.26 Å². The number of likely N-dealkylation sites (tertiary alicyclic amines) is 1. The Morgan fingerprint density at radius 1 is 1.08 bits per heavy atom. The zero-order valence-corrected chi connectivity index (χ0v) is 21.7. The number of amides is 2. The third-order valence-electron chi connectivity index (χ3n) is 7.22. The molecule has 2 saturated heterocycles. The summed E-state index contributed by atoms with van der Waals surface area (Å²) >= 11 is 0. The lowest BCUT2D eigenvalue weighted by atomic mass is 9.87. The summed E-state index contributed by atoms with van der Waals surface area (Å²) in [5.74, 6) is -0.347. The van der Waals surface area contributed by atoms with Gasteiger partial charge in [-0.3, -0.25) is 24.4 Å². The van der Waals surface area contributed by atoms with Crippen LogP contribution in [0.25, 0.3) is 0 Å². The average Bonchev–Trinajstić information content (AvgIpc) is 3.36. The van der Waals surface area contributed by atoms with E-state index in [4.69, 9.17) is 0 Å². The van der Waals surface area contributed by atoms with Crippen molar-refractivity contribution in [3.63, 3.8) is 0 Å². The van der Waals surface area contributed by atoms with Crippen molar-refractivity contribution in [3.05, 3.63) is 59.9 Å². The van der Waals surface area contributed by atoms with Crippen molar-refractivity contribution in [2.75, 3.05) is 44.7 Å². The molecular weight excluding hydrogens is 452 g/mol. The molecule has 2 unspecified atom stereocenters. The lowest BCUT2D eigenvalue weighted by Crippen LogP contribution is -2.54. The molecule has 2 fully saturated rings. The number of nitrogens with zero attached hydrogens (tertiary/aromatic N) is 6. The van der Waals surface area contributed by atoms with Gasteiger partial charge in [-0.25, -0.2) is 0 Å². The zero-order chi connectivity index (χ0) is 25.9. The van der Waals surface area contributed by atoms with E-state index >= 15 is 0 Å². The molecule has 8 heteroatoms. The Labute approximate surface area is 214 Å². The first-order valence-corrected chi connectivity index (χ1v) is 12.7. The molecule has 4 rings (SSSR count). The van der Waals surface area contributed by atoms with E-state index in [0.29, 0.717) is 37.3 Å². The molecule has 2 aliphatic heterocycles. The summed E-state index contributed by atoms with van der Waals surface area (Å²) in [6.07, 6.45) is 6.87. The summed E-state index contributed by atoms with van der Waals surface area (Å²) < 4.78 is 0. The number of piperazine rings is 1. The van der Waals surface area contributed by atoms with Crippen molar-refractivity contribution < 1.29 is 9.59 Å². The van der Waals surface area contributed by atoms with Crippen LogP contribution in [0.5, 0.6) is 0 Å². The van der Waals surface area contributed by atoms with Crippen LogP contribution in [-0.2, 0) is 15.0 Å². The van der Waals surface area contributed by atoms with Crippen LogP contribution in [0.3, 0.4) is 0 Å². The molecule has 0 bridgehead atoms. The highest BCUT2D eigenvalue weighted by molar-refractivity contribution is 6.04. The fraction of sp³-hybridized carbons (Fsp3) is 0.500. The van der Waals surface area contributed by atoms with Crippen LogP contribution in [0.1, 0.15) is 50.8 Å². The Hall–Kier alpha value is -3.44. The standard InChI is InChI=1S/C28H36N6O2/c1-28(2,3)22-9-11-23(12-10-22)34(26(35)24-8-6-14-33(24)20-29)25(21-7-5-13-30-19-21)27(36)32-17-15-31(4)16-18-32/h5,7,9-13,19,24-25H,6,8,14-18H2,1-4H3. The minimum atomic E-state index is -0.865. The highest BCUT2D eigenvalue weighted by Gasteiger charge is 2.41. The molecule has 3 heterocycles. The summed E-state index contributed by atoms with van der Waals surface area (Å²) in [6, 6.07) is 10.1. The predicted molar refractivity (Wildman–Crippen MR) is 139 cm³/mol. The summed E-state index contributed by atoms with van der Waals surface area (Å²) in [7, 11) is 2.05. The van der Waals surface area contributed by atoms with E-state index in [0.717, 1.165) is 25.1 Å². The maximum atomic E-state index is 14.2. The van der Waals surface area contributed by atoms with E-state index in [1.165, 1.54) is 0 Å². The fourth-order valence-electron chi connectivity index (χ4n) is 4.97. The molecule has 0 saturated carbocycles. The first-order valence-electron chi connectivity index (χ1n) is 12.7. The number of aromatic nitrogens is 1. The Kier molecular flexibility index (Phi) is 7.60. The van der Waals surface area contributed by atoms with Gasteiger partial charge in [-0.15, -0.1) is 0 Å². The maximum absolute atomic E-state index is 14.2. The lowest BCUT2D eigenvalue weighted by molar-refractivity contribution is -0.136. The van der Waals surface area contributed by atoms with Gasteiger partial charge in [0.25, 0.3) is 11.8 Å². The van der Waals surface area contributed by atoms with Crippen LogP contribution in [0.4, 0.5) is 5.69 Å². The largest absolute Gasteiger partial charge is 0.338 e. The van der Waals surface area contributed by atoms with E-state index in [9.17, 15) is 14.9 Å². The quantitative estimate of drug-likeness (QED) is 0.601. The number of benzene rings is 1. The summed E-state index contributed by atoms with van der Waals surface area (Å²) in [6.45, 7) is 9.75. The van der Waals surface area contributed by atoms with Gasteiger partial charge in [0.2, 0.25) is 0 Å². The topological polar surface area (TPSA) is 83.8 Å². The Balaban J connectivity index is 1.81. The number of pyridine rings is 1. The Morgan fingerprint density at radius 2 is 1.78 bits per heavy atom. The first-order chi connectivity index (χ1) is 17.2. The molecule has 0 aliphatic carbocycles. The summed E-state index contributed by atoms with van der Waals surface area (Å²) in [5.41, 5.74) is 2.40. The number of anilines is 1. The van der Waals surface area contributed by atoms with Crippen LogP contribution >= 0.6 is 0 Å². The van der Waals surface area contributed by atoms with Crippen LogP contribution < -0.4 is 4.90 Å². The van der Waals surface area contributed by atoms with Gasteiger partial charge < -0.3 is 9.80 Å². The van der Waals surface area contributed by atoms with Crippen LogP contribution in [0, 0.1) is 11.5 Å². The van der Waals surface area contributed by atoms with Crippen molar-refractivity contribution in [2.24, 2.45) is 0 Å². The van der Waals surface area contributed by atoms with Crippen molar-refractivity contribution in [3.8, 4) is 6.19 Å². The van der Waals surface area contributed by atoms with Crippen molar-refractivity contribution in [1.82, 2.24) is 19.7 Å². The normalized spacial score (nSPS) is 19.6. The predicted octanol–water partition coefficient (Wildman–Crippen LogP) is 3.17. The molecule has 2 amide bonds. The smallest absolute Gasteiger partial charge is 0.251 e. The first kappa shape index (κ1) is 25.6. The molecule has 1 aromatic heterocycles. The number of hydrogen-bond donors (Lipinski definition) is 0. The number of hydrogen-bond acceptors (Lipinski definition) is 6. The molecule has 2 aromatic rings. The summed E-state index contributed by atoms with van der Waals surface area (Å²) in [5, 5.41) is 9.67. The number of likely N-dealkylation sites (N-methyl/N-ethyl adjacent to an activating group) is 1. The highest BCUT2D eigenvalue weighted by Crippen LogP contribution is 2.34. The van der Waals surface area contributed by atoms with Gasteiger partial charge in [-0.1, -0.05) is 39.0 Å². The highest BCUT2D eigenvalue weighted by atomic mass is 16.2. The zero-order valence-electron chi connectivity index (χ0n) is 21.7. The van der Waals surface area contributed by atoms with E-state index in [2.05, 4.69) is 36.8 Å². The van der Waals surface area contributed by atoms with Crippen molar-refractivity contribution in [2.45, 2.75) is 51.1 Å². The van der Waals surface area contributed by atoms with Gasteiger partial charge in [0.05, 0.1) is 0 Å². The number of carbonyl (C=O) groups is 2. The SMILES string of the molecule is CN1CCN(C(=O)C(c2cccnc2)N(C(=O)C2CCCN2C#N)c2ccc(C(C)(C)C)cc2)CC1. The van der Waals surface area contributed by atoms with E-state index in [-0.39, 0.29) is 17.2 Å². The van der Waals surface area contributed by atoms with Crippen molar-refractivity contribution >= 4 is 17.5 Å². The lowest BCUT2D eigenvalue weighted by Gasteiger charge is -2.39. The molecule has 0 radical (unpaired) electrons. The molecule has 190 valence electrons. The van der Waals surface area contributed by atoms with E-state index in [1.54, 1.807) is 28.3 Å². The van der Waals surface area contributed by atoms with Gasteiger partial charge in [0.15, 0.2) is 6.19 Å². The van der Waals surface area contributed by atoms with Gasteiger partial charge in [-0.2, -0.15) is 5.26 Å². The van der Waals surface area contributed by atoms with Gasteiger partial charge in [-0.05, 0) is 49.1 Å². The van der Waals surface area contributed by atoms with E-state index < -0.39 is 12.1 Å². The van der Waals surface area contributed by atoms with Gasteiger partial charge in [0, 0.05) is 56.4 Å². The molecule has 2 aliphatic rings. The second-order valence-electron chi connectivity index (χ2n) is 10.8. The second-order valence-corrected chi connectivity index (χ2v) is 10.8. The third-order valence-corrected chi connectivity index (χ3v) is 7.22. The fourth-order valence-corrected chi connectivity index (χ4v) is 4.97. The summed E-state index contributed by atoms with van der Waals surface area (Å²) in [4.78, 5) is 39.8. The molecule has 0 N–H and O–H groups in total. The van der Waals surface area contributed by atoms with Gasteiger partial charge >= 0.3 is 0 Å².